The van der Waals surface area contributed by atoms with E-state index in [1.165, 1.54) is 38.0 Å². The Labute approximate surface area is 128 Å². The summed E-state index contributed by atoms with van der Waals surface area (Å²) in [6, 6.07) is 9.70. The molecule has 3 nitrogen and oxygen atoms in total. The van der Waals surface area contributed by atoms with Crippen LogP contribution in [0.4, 0.5) is 0 Å². The van der Waals surface area contributed by atoms with Crippen LogP contribution in [0.25, 0.3) is 6.08 Å². The van der Waals surface area contributed by atoms with Crippen molar-refractivity contribution in [3.05, 3.63) is 35.9 Å². The smallest absolute Gasteiger partial charge is 0.118 e. The molecule has 1 aromatic rings. The summed E-state index contributed by atoms with van der Waals surface area (Å²) < 4.78 is 5.19. The van der Waals surface area contributed by atoms with Crippen molar-refractivity contribution in [2.45, 2.75) is 31.8 Å². The van der Waals surface area contributed by atoms with Crippen LogP contribution in [0.1, 0.15) is 25.3 Å². The maximum atomic E-state index is 5.19. The van der Waals surface area contributed by atoms with E-state index in [0.717, 1.165) is 18.3 Å². The Morgan fingerprint density at radius 3 is 2.81 bits per heavy atom. The molecule has 2 atom stereocenters. The Morgan fingerprint density at radius 2 is 2.05 bits per heavy atom. The van der Waals surface area contributed by atoms with Crippen LogP contribution in [0.3, 0.4) is 0 Å². The van der Waals surface area contributed by atoms with Crippen molar-refractivity contribution in [1.29, 1.82) is 0 Å². The van der Waals surface area contributed by atoms with Crippen LogP contribution in [-0.2, 0) is 0 Å². The molecule has 2 aliphatic rings. The SMILES string of the molecule is COc1ccc(/C=C/CN2CC3CCCN3C[C@H]2C)cc1. The monoisotopic (exact) mass is 286 g/mol. The number of piperazine rings is 1. The van der Waals surface area contributed by atoms with Gasteiger partial charge in [-0.25, -0.2) is 0 Å². The van der Waals surface area contributed by atoms with E-state index in [2.05, 4.69) is 41.0 Å². The van der Waals surface area contributed by atoms with Gasteiger partial charge in [-0.1, -0.05) is 24.3 Å². The second-order valence-corrected chi connectivity index (χ2v) is 6.27. The normalized spacial score (nSPS) is 27.1. The summed E-state index contributed by atoms with van der Waals surface area (Å²) in [5, 5.41) is 0. The van der Waals surface area contributed by atoms with Crippen molar-refractivity contribution < 1.29 is 4.74 Å². The highest BCUT2D eigenvalue weighted by Crippen LogP contribution is 2.24. The van der Waals surface area contributed by atoms with Crippen LogP contribution in [-0.4, -0.2) is 55.2 Å². The molecule has 3 heteroatoms. The Bertz CT molecular complexity index is 482. The summed E-state index contributed by atoms with van der Waals surface area (Å²) >= 11 is 0. The molecule has 0 aliphatic carbocycles. The molecule has 21 heavy (non-hydrogen) atoms. The van der Waals surface area contributed by atoms with Gasteiger partial charge in [-0.3, -0.25) is 9.80 Å². The van der Waals surface area contributed by atoms with E-state index in [0.29, 0.717) is 6.04 Å². The molecule has 0 radical (unpaired) electrons. The lowest BCUT2D eigenvalue weighted by atomic mass is 10.1. The van der Waals surface area contributed by atoms with Gasteiger partial charge in [-0.2, -0.15) is 0 Å². The standard InChI is InChI=1S/C18H26N2O/c1-15-13-20-12-4-6-17(20)14-19(15)11-3-5-16-7-9-18(21-2)10-8-16/h3,5,7-10,15,17H,4,6,11-14H2,1-2H3/b5-3+/t15-,17?/m1/s1. The van der Waals surface area contributed by atoms with Crippen molar-refractivity contribution in [3.8, 4) is 5.75 Å². The first kappa shape index (κ1) is 14.6. The number of fused-ring (bicyclic) bond motifs is 1. The topological polar surface area (TPSA) is 15.7 Å². The third kappa shape index (κ3) is 3.47. The fraction of sp³-hybridized carbons (Fsp3) is 0.556. The lowest BCUT2D eigenvalue weighted by Gasteiger charge is -2.41. The highest BCUT2D eigenvalue weighted by Gasteiger charge is 2.33. The Balaban J connectivity index is 1.54. The summed E-state index contributed by atoms with van der Waals surface area (Å²) in [4.78, 5) is 5.29. The second kappa shape index (κ2) is 6.63. The molecule has 2 saturated heterocycles. The van der Waals surface area contributed by atoms with Gasteiger partial charge in [0.1, 0.15) is 5.75 Å². The molecule has 2 heterocycles. The zero-order valence-electron chi connectivity index (χ0n) is 13.2. The molecule has 2 fully saturated rings. The molecule has 0 bridgehead atoms. The molecule has 0 aromatic heterocycles. The fourth-order valence-electron chi connectivity index (χ4n) is 3.54. The summed E-state index contributed by atoms with van der Waals surface area (Å²) in [6.07, 6.45) is 7.27. The number of hydrogen-bond acceptors (Lipinski definition) is 3. The molecule has 1 unspecified atom stereocenters. The minimum Gasteiger partial charge on any atom is -0.497 e. The minimum absolute atomic E-state index is 0.667. The van der Waals surface area contributed by atoms with E-state index in [-0.39, 0.29) is 0 Å². The maximum Gasteiger partial charge on any atom is 0.118 e. The predicted octanol–water partition coefficient (Wildman–Crippen LogP) is 2.88. The molecule has 1 aromatic carbocycles. The molecule has 3 rings (SSSR count). The number of benzene rings is 1. The minimum atomic E-state index is 0.667. The molecule has 0 amide bonds. The zero-order valence-corrected chi connectivity index (χ0v) is 13.2. The van der Waals surface area contributed by atoms with Crippen LogP contribution < -0.4 is 4.74 Å². The van der Waals surface area contributed by atoms with Gasteiger partial charge < -0.3 is 4.74 Å². The Morgan fingerprint density at radius 1 is 1.24 bits per heavy atom. The van der Waals surface area contributed by atoms with Crippen molar-refractivity contribution >= 4 is 6.08 Å². The molecular weight excluding hydrogens is 260 g/mol. The third-order valence-electron chi connectivity index (χ3n) is 4.83. The van der Waals surface area contributed by atoms with Crippen molar-refractivity contribution in [2.75, 3.05) is 33.3 Å². The molecule has 0 saturated carbocycles. The van der Waals surface area contributed by atoms with Crippen LogP contribution >= 0.6 is 0 Å². The third-order valence-corrected chi connectivity index (χ3v) is 4.83. The average molecular weight is 286 g/mol. The number of hydrogen-bond donors (Lipinski definition) is 0. The van der Waals surface area contributed by atoms with Gasteiger partial charge >= 0.3 is 0 Å². The largest absolute Gasteiger partial charge is 0.497 e. The van der Waals surface area contributed by atoms with Crippen LogP contribution in [0.5, 0.6) is 5.75 Å². The zero-order chi connectivity index (χ0) is 14.7. The average Bonchev–Trinajstić information content (AvgIpc) is 2.95. The Hall–Kier alpha value is -1.32. The van der Waals surface area contributed by atoms with E-state index in [1.807, 2.05) is 12.1 Å². The summed E-state index contributed by atoms with van der Waals surface area (Å²) in [5.41, 5.74) is 1.24. The van der Waals surface area contributed by atoms with Crippen LogP contribution in [0, 0.1) is 0 Å². The highest BCUT2D eigenvalue weighted by molar-refractivity contribution is 5.50. The van der Waals surface area contributed by atoms with E-state index < -0.39 is 0 Å². The summed E-state index contributed by atoms with van der Waals surface area (Å²) in [6.45, 7) is 7.19. The number of methoxy groups -OCH3 is 1. The molecule has 114 valence electrons. The van der Waals surface area contributed by atoms with E-state index in [9.17, 15) is 0 Å². The van der Waals surface area contributed by atoms with Gasteiger partial charge in [0.15, 0.2) is 0 Å². The van der Waals surface area contributed by atoms with Gasteiger partial charge in [-0.15, -0.1) is 0 Å². The van der Waals surface area contributed by atoms with Gasteiger partial charge in [0.2, 0.25) is 0 Å². The lowest BCUT2D eigenvalue weighted by molar-refractivity contribution is 0.0686. The first-order valence-corrected chi connectivity index (χ1v) is 8.05. The lowest BCUT2D eigenvalue weighted by Crippen LogP contribution is -2.54. The van der Waals surface area contributed by atoms with Gasteiger partial charge in [0.05, 0.1) is 7.11 Å². The first-order chi connectivity index (χ1) is 10.3. The van der Waals surface area contributed by atoms with Gasteiger partial charge in [0.25, 0.3) is 0 Å². The molecule has 0 N–H and O–H groups in total. The number of ether oxygens (including phenoxy) is 1. The van der Waals surface area contributed by atoms with E-state index >= 15 is 0 Å². The second-order valence-electron chi connectivity index (χ2n) is 6.27. The predicted molar refractivity (Wildman–Crippen MR) is 87.7 cm³/mol. The van der Waals surface area contributed by atoms with E-state index in [1.54, 1.807) is 7.11 Å². The number of nitrogens with zero attached hydrogens (tertiary/aromatic N) is 2. The quantitative estimate of drug-likeness (QED) is 0.846. The van der Waals surface area contributed by atoms with Crippen LogP contribution in [0.15, 0.2) is 30.3 Å². The van der Waals surface area contributed by atoms with Crippen molar-refractivity contribution in [2.24, 2.45) is 0 Å². The molecule has 2 aliphatic heterocycles. The van der Waals surface area contributed by atoms with E-state index in [4.69, 9.17) is 4.74 Å². The van der Waals surface area contributed by atoms with Crippen molar-refractivity contribution in [3.63, 3.8) is 0 Å². The molecule has 0 spiro atoms. The van der Waals surface area contributed by atoms with Crippen LogP contribution in [0.2, 0.25) is 0 Å². The summed E-state index contributed by atoms with van der Waals surface area (Å²) in [5.74, 6) is 0.915. The number of rotatable bonds is 4. The highest BCUT2D eigenvalue weighted by atomic mass is 16.5. The molecular formula is C18H26N2O. The maximum absolute atomic E-state index is 5.19. The van der Waals surface area contributed by atoms with Gasteiger partial charge in [-0.05, 0) is 44.0 Å². The summed E-state index contributed by atoms with van der Waals surface area (Å²) in [7, 11) is 1.70. The van der Waals surface area contributed by atoms with Gasteiger partial charge in [0, 0.05) is 31.7 Å². The Kier molecular flexibility index (Phi) is 4.61. The fourth-order valence-corrected chi connectivity index (χ4v) is 3.54. The first-order valence-electron chi connectivity index (χ1n) is 8.05. The van der Waals surface area contributed by atoms with Crippen molar-refractivity contribution in [1.82, 2.24) is 9.80 Å².